The quantitative estimate of drug-likeness (QED) is 0.0675. The molecule has 14 heteroatoms. The summed E-state index contributed by atoms with van der Waals surface area (Å²) >= 11 is 3.19. The van der Waals surface area contributed by atoms with E-state index in [1.807, 2.05) is 53.6 Å². The van der Waals surface area contributed by atoms with Gasteiger partial charge in [-0.15, -0.1) is 0 Å². The van der Waals surface area contributed by atoms with E-state index in [4.69, 9.17) is 9.47 Å². The molecule has 3 unspecified atom stereocenters. The molecular formula is C38H55N5O7S2. The number of carbonyl (C=O) groups is 4. The van der Waals surface area contributed by atoms with Crippen LogP contribution in [-0.2, 0) is 23.9 Å². The number of aromatic nitrogens is 2. The second kappa shape index (κ2) is 23.3. The van der Waals surface area contributed by atoms with Crippen LogP contribution in [0.4, 0.5) is 4.79 Å². The molecule has 1 aliphatic rings. The van der Waals surface area contributed by atoms with Crippen molar-refractivity contribution in [1.82, 2.24) is 25.7 Å². The first kappa shape index (κ1) is 43.9. The van der Waals surface area contributed by atoms with Crippen LogP contribution in [0.25, 0.3) is 22.3 Å². The summed E-state index contributed by atoms with van der Waals surface area (Å²) in [5, 5.41) is 19.3. The van der Waals surface area contributed by atoms with Gasteiger partial charge in [-0.2, -0.15) is 27.8 Å². The Bertz CT molecular complexity index is 1580. The van der Waals surface area contributed by atoms with Crippen molar-refractivity contribution in [3.05, 3.63) is 62.4 Å². The molecule has 4 rings (SSSR count). The molecule has 286 valence electrons. The number of allylic oxidation sites excluding steroid dienone is 1. The first-order chi connectivity index (χ1) is 24.8. The van der Waals surface area contributed by atoms with Gasteiger partial charge in [-0.1, -0.05) is 38.8 Å². The minimum atomic E-state index is -0.593. The summed E-state index contributed by atoms with van der Waals surface area (Å²) in [6.07, 6.45) is 12.4. The van der Waals surface area contributed by atoms with Crippen LogP contribution < -0.4 is 16.2 Å². The van der Waals surface area contributed by atoms with Gasteiger partial charge >= 0.3 is 12.1 Å². The Hall–Kier alpha value is -4.30. The van der Waals surface area contributed by atoms with Crippen LogP contribution in [0.5, 0.6) is 0 Å². The lowest BCUT2D eigenvalue weighted by Gasteiger charge is -2.23. The van der Waals surface area contributed by atoms with Gasteiger partial charge in [0.05, 0.1) is 18.4 Å². The summed E-state index contributed by atoms with van der Waals surface area (Å²) in [4.78, 5) is 59.0. The third kappa shape index (κ3) is 15.5. The lowest BCUT2D eigenvalue weighted by molar-refractivity contribution is -0.147. The van der Waals surface area contributed by atoms with Gasteiger partial charge in [-0.25, -0.2) is 14.7 Å². The number of ether oxygens (including phenoxy) is 2. The summed E-state index contributed by atoms with van der Waals surface area (Å²) < 4.78 is 9.99. The smallest absolute Gasteiger partial charge is 0.408 e. The van der Waals surface area contributed by atoms with E-state index in [1.165, 1.54) is 12.8 Å². The van der Waals surface area contributed by atoms with Gasteiger partial charge < -0.3 is 25.0 Å². The fraction of sp³-hybridized carbons (Fsp3) is 0.526. The van der Waals surface area contributed by atoms with Crippen molar-refractivity contribution in [3.8, 4) is 22.3 Å². The number of hydrogen-bond donors (Lipinski definition) is 3. The number of hydrogen-bond acceptors (Lipinski definition) is 10. The first-order valence-corrected chi connectivity index (χ1v) is 19.6. The Balaban J connectivity index is 0.000000270. The number of carbonyl (C=O) groups excluding carboxylic acids is 4. The first-order valence-electron chi connectivity index (χ1n) is 17.7. The van der Waals surface area contributed by atoms with Gasteiger partial charge in [-0.3, -0.25) is 14.4 Å². The molecule has 0 saturated carbocycles. The number of aromatic amines is 1. The molecule has 1 saturated heterocycles. The zero-order valence-electron chi connectivity index (χ0n) is 31.4. The Kier molecular flexibility index (Phi) is 19.7. The molecule has 3 amide bonds. The molecule has 52 heavy (non-hydrogen) atoms. The van der Waals surface area contributed by atoms with Crippen LogP contribution in [0.1, 0.15) is 87.0 Å². The largest absolute Gasteiger partial charge is 0.464 e. The average Bonchev–Trinajstić information content (AvgIpc) is 3.90. The minimum Gasteiger partial charge on any atom is -0.464 e. The number of esters is 1. The maximum Gasteiger partial charge on any atom is 0.408 e. The van der Waals surface area contributed by atoms with Gasteiger partial charge in [-0.05, 0) is 105 Å². The number of amides is 3. The monoisotopic (exact) mass is 757 g/mol. The molecule has 3 aromatic rings. The van der Waals surface area contributed by atoms with Crippen molar-refractivity contribution in [2.75, 3.05) is 19.7 Å². The maximum absolute atomic E-state index is 11.9. The van der Waals surface area contributed by atoms with Crippen molar-refractivity contribution in [2.24, 2.45) is 5.92 Å². The van der Waals surface area contributed by atoms with Gasteiger partial charge in [0.25, 0.3) is 5.56 Å². The van der Waals surface area contributed by atoms with E-state index in [-0.39, 0.29) is 35.9 Å². The lowest BCUT2D eigenvalue weighted by Crippen LogP contribution is -2.43. The van der Waals surface area contributed by atoms with Gasteiger partial charge in [0, 0.05) is 24.1 Å². The second-order valence-corrected chi connectivity index (χ2v) is 14.8. The van der Waals surface area contributed by atoms with E-state index in [1.54, 1.807) is 61.5 Å². The zero-order valence-corrected chi connectivity index (χ0v) is 33.1. The van der Waals surface area contributed by atoms with Gasteiger partial charge in [0.2, 0.25) is 12.3 Å². The van der Waals surface area contributed by atoms with Crippen molar-refractivity contribution in [1.29, 1.82) is 0 Å². The van der Waals surface area contributed by atoms with E-state index < -0.39 is 17.7 Å². The lowest BCUT2D eigenvalue weighted by atomic mass is 10.0. The van der Waals surface area contributed by atoms with E-state index in [2.05, 4.69) is 33.8 Å². The molecule has 0 aliphatic carbocycles. The molecule has 0 aromatic carbocycles. The summed E-state index contributed by atoms with van der Waals surface area (Å²) in [5.41, 5.74) is 2.88. The molecule has 0 radical (unpaired) electrons. The number of nitrogens with one attached hydrogen (secondary N) is 3. The standard InChI is InChI=1S/C14H25NO3.C12H22N2O3.C12H8N2OS2/c1-4-6-7-8-9-10-12(3)13(15-11-16)14(17)18-5-2;1-9-6-5-7-14(9)10(15)8-13-11(16)17-12(2,3)4;15-12-11(9-2-4-17-7-9)10(5-13-14-12)8-1-3-16-6-8/h9-13H,4-8H2,1-3H3,(H,15,16);9H,5-8H2,1-4H3,(H,13,16);1-7H,(H,14,15)/b10-9-;;. The number of unbranched alkanes of at least 4 members (excludes halogenated alkanes) is 3. The molecule has 4 heterocycles. The highest BCUT2D eigenvalue weighted by molar-refractivity contribution is 7.08. The third-order valence-corrected chi connectivity index (χ3v) is 9.25. The van der Waals surface area contributed by atoms with E-state index >= 15 is 0 Å². The normalized spacial score (nSPS) is 15.0. The number of rotatable bonds is 14. The SMILES string of the molecule is CC1CCCN1C(=O)CNC(=O)OC(C)(C)C.CCCCC/C=C\C(C)C(NC=O)C(=O)OCC.O=c1[nH]ncc(-c2ccsc2)c1-c1ccsc1. The van der Waals surface area contributed by atoms with Crippen LogP contribution in [0.15, 0.2) is 56.8 Å². The van der Waals surface area contributed by atoms with Crippen molar-refractivity contribution < 1.29 is 28.7 Å². The highest BCUT2D eigenvalue weighted by atomic mass is 32.1. The minimum absolute atomic E-state index is 0.0131. The Labute approximate surface area is 315 Å². The topological polar surface area (TPSA) is 160 Å². The predicted molar refractivity (Wildman–Crippen MR) is 208 cm³/mol. The highest BCUT2D eigenvalue weighted by Crippen LogP contribution is 2.30. The summed E-state index contributed by atoms with van der Waals surface area (Å²) in [6, 6.07) is 3.63. The van der Waals surface area contributed by atoms with Crippen LogP contribution in [0.3, 0.4) is 0 Å². The number of nitrogens with zero attached hydrogens (tertiary/aromatic N) is 2. The fourth-order valence-corrected chi connectivity index (χ4v) is 6.57. The number of likely N-dealkylation sites (tertiary alicyclic amines) is 1. The number of H-pyrrole nitrogens is 1. The molecule has 3 aromatic heterocycles. The average molecular weight is 758 g/mol. The Morgan fingerprint density at radius 2 is 1.81 bits per heavy atom. The molecule has 3 N–H and O–H groups in total. The third-order valence-electron chi connectivity index (χ3n) is 7.88. The van der Waals surface area contributed by atoms with Crippen LogP contribution in [0.2, 0.25) is 0 Å². The molecule has 12 nitrogen and oxygen atoms in total. The van der Waals surface area contributed by atoms with Crippen LogP contribution >= 0.6 is 22.7 Å². The van der Waals surface area contributed by atoms with Crippen LogP contribution in [0, 0.1) is 5.92 Å². The zero-order chi connectivity index (χ0) is 38.5. The predicted octanol–water partition coefficient (Wildman–Crippen LogP) is 7.19. The molecule has 1 aliphatic heterocycles. The number of alkyl carbamates (subject to hydrolysis) is 1. The maximum atomic E-state index is 11.9. The summed E-state index contributed by atoms with van der Waals surface area (Å²) in [6.45, 7) is 14.3. The second-order valence-electron chi connectivity index (χ2n) is 13.2. The Morgan fingerprint density at radius 1 is 1.12 bits per heavy atom. The molecule has 1 fully saturated rings. The van der Waals surface area contributed by atoms with E-state index in [0.29, 0.717) is 18.6 Å². The van der Waals surface area contributed by atoms with Crippen LogP contribution in [-0.4, -0.2) is 76.9 Å². The Morgan fingerprint density at radius 3 is 2.37 bits per heavy atom. The molecule has 0 spiro atoms. The molecule has 0 bridgehead atoms. The number of thiophene rings is 2. The van der Waals surface area contributed by atoms with Crippen molar-refractivity contribution >= 4 is 47.1 Å². The molecule has 3 atom stereocenters. The highest BCUT2D eigenvalue weighted by Gasteiger charge is 2.26. The van der Waals surface area contributed by atoms with Gasteiger partial charge in [0.15, 0.2) is 0 Å². The van der Waals surface area contributed by atoms with E-state index in [9.17, 15) is 24.0 Å². The summed E-state index contributed by atoms with van der Waals surface area (Å²) in [5.74, 6) is -0.480. The molecular weight excluding hydrogens is 703 g/mol. The van der Waals surface area contributed by atoms with Gasteiger partial charge in [0.1, 0.15) is 18.2 Å². The van der Waals surface area contributed by atoms with E-state index in [0.717, 1.165) is 48.9 Å². The fourth-order valence-electron chi connectivity index (χ4n) is 5.27. The summed E-state index contributed by atoms with van der Waals surface area (Å²) in [7, 11) is 0. The van der Waals surface area contributed by atoms with Crippen molar-refractivity contribution in [3.63, 3.8) is 0 Å². The van der Waals surface area contributed by atoms with Crippen molar-refractivity contribution in [2.45, 2.75) is 105 Å².